The molecule has 0 fully saturated rings. The summed E-state index contributed by atoms with van der Waals surface area (Å²) in [7, 11) is -6.27. The molecule has 114 valence electrons. The first-order valence-electron chi connectivity index (χ1n) is 5.67. The number of methoxy groups -OCH3 is 1. The summed E-state index contributed by atoms with van der Waals surface area (Å²) in [4.78, 5) is 0. The molecule has 0 bridgehead atoms. The summed E-state index contributed by atoms with van der Waals surface area (Å²) in [6, 6.07) is 4.08. The summed E-state index contributed by atoms with van der Waals surface area (Å²) in [5.41, 5.74) is 0. The normalized spacial score (nSPS) is 11.9. The van der Waals surface area contributed by atoms with Crippen molar-refractivity contribution in [3.05, 3.63) is 18.2 Å². The third-order valence-electron chi connectivity index (χ3n) is 2.06. The van der Waals surface area contributed by atoms with Gasteiger partial charge in [-0.1, -0.05) is 13.0 Å². The van der Waals surface area contributed by atoms with Crippen LogP contribution in [-0.2, 0) is 20.2 Å². The Bertz CT molecular complexity index is 662. The Kier molecular flexibility index (Phi) is 5.23. The van der Waals surface area contributed by atoms with E-state index in [0.29, 0.717) is 6.42 Å². The second kappa shape index (κ2) is 6.31. The highest BCUT2D eigenvalue weighted by Crippen LogP contribution is 2.38. The topological polar surface area (TPSA) is 96.0 Å². The van der Waals surface area contributed by atoms with Gasteiger partial charge in [-0.3, -0.25) is 0 Å². The van der Waals surface area contributed by atoms with E-state index in [0.717, 1.165) is 6.26 Å². The summed E-state index contributed by atoms with van der Waals surface area (Å²) in [5.74, 6) is -0.522. The van der Waals surface area contributed by atoms with E-state index < -0.39 is 20.2 Å². The van der Waals surface area contributed by atoms with E-state index in [9.17, 15) is 16.8 Å². The van der Waals surface area contributed by atoms with Crippen LogP contribution in [0.4, 0.5) is 0 Å². The lowest BCUT2D eigenvalue weighted by Crippen LogP contribution is -2.14. The lowest BCUT2D eigenvalue weighted by molar-refractivity contribution is 0.372. The molecule has 0 N–H and O–H groups in total. The number of hydrogen-bond donors (Lipinski definition) is 0. The lowest BCUT2D eigenvalue weighted by Gasteiger charge is -2.13. The molecule has 1 rings (SSSR count). The Morgan fingerprint density at radius 3 is 2.05 bits per heavy atom. The van der Waals surface area contributed by atoms with Crippen molar-refractivity contribution >= 4 is 20.2 Å². The van der Waals surface area contributed by atoms with E-state index in [4.69, 9.17) is 13.1 Å². The summed E-state index contributed by atoms with van der Waals surface area (Å²) >= 11 is 0. The fourth-order valence-electron chi connectivity index (χ4n) is 1.42. The van der Waals surface area contributed by atoms with Crippen molar-refractivity contribution < 1.29 is 29.9 Å². The van der Waals surface area contributed by atoms with Crippen LogP contribution >= 0.6 is 0 Å². The van der Waals surface area contributed by atoms with E-state index in [1.165, 1.54) is 25.3 Å². The third kappa shape index (κ3) is 4.89. The molecule has 0 saturated heterocycles. The predicted octanol–water partition coefficient (Wildman–Crippen LogP) is 1.15. The molecule has 0 atom stereocenters. The van der Waals surface area contributed by atoms with Crippen molar-refractivity contribution in [2.75, 3.05) is 19.1 Å². The van der Waals surface area contributed by atoms with Gasteiger partial charge in [0, 0.05) is 0 Å². The Balaban J connectivity index is 3.19. The molecule has 0 spiro atoms. The Hall–Kier alpha value is -1.48. The van der Waals surface area contributed by atoms with Crippen LogP contribution in [0, 0.1) is 0 Å². The van der Waals surface area contributed by atoms with Gasteiger partial charge in [-0.2, -0.15) is 16.8 Å². The molecular weight excluding hydrogens is 308 g/mol. The Morgan fingerprint density at radius 2 is 1.60 bits per heavy atom. The van der Waals surface area contributed by atoms with Crippen molar-refractivity contribution in [1.82, 2.24) is 0 Å². The molecule has 0 unspecified atom stereocenters. The lowest BCUT2D eigenvalue weighted by atomic mass is 10.3. The van der Waals surface area contributed by atoms with Crippen molar-refractivity contribution in [2.24, 2.45) is 0 Å². The fourth-order valence-corrected chi connectivity index (χ4v) is 2.87. The minimum atomic E-state index is -3.77. The molecule has 9 heteroatoms. The van der Waals surface area contributed by atoms with Crippen LogP contribution in [0.25, 0.3) is 0 Å². The van der Waals surface area contributed by atoms with E-state index in [1.807, 2.05) is 0 Å². The van der Waals surface area contributed by atoms with Gasteiger partial charge in [0.05, 0.1) is 19.1 Å². The number of rotatable bonds is 7. The van der Waals surface area contributed by atoms with Crippen LogP contribution in [0.5, 0.6) is 17.2 Å². The monoisotopic (exact) mass is 324 g/mol. The van der Waals surface area contributed by atoms with Gasteiger partial charge in [0.1, 0.15) is 0 Å². The predicted molar refractivity (Wildman–Crippen MR) is 73.2 cm³/mol. The Labute approximate surface area is 118 Å². The number of para-hydroxylation sites is 1. The molecule has 0 aliphatic rings. The van der Waals surface area contributed by atoms with Gasteiger partial charge in [0.25, 0.3) is 0 Å². The molecule has 0 aromatic heterocycles. The van der Waals surface area contributed by atoms with E-state index >= 15 is 0 Å². The highest BCUT2D eigenvalue weighted by Gasteiger charge is 2.20. The minimum Gasteiger partial charge on any atom is -0.490 e. The first-order chi connectivity index (χ1) is 9.18. The van der Waals surface area contributed by atoms with Gasteiger partial charge in [-0.05, 0) is 18.6 Å². The zero-order valence-electron chi connectivity index (χ0n) is 11.3. The van der Waals surface area contributed by atoms with Crippen LogP contribution in [-0.4, -0.2) is 36.0 Å². The highest BCUT2D eigenvalue weighted by atomic mass is 32.2. The molecule has 1 aromatic carbocycles. The molecule has 0 heterocycles. The van der Waals surface area contributed by atoms with Gasteiger partial charge in [0.15, 0.2) is 11.5 Å². The molecule has 0 saturated carbocycles. The molecule has 1 aromatic rings. The van der Waals surface area contributed by atoms with Gasteiger partial charge in [-0.15, -0.1) is 0 Å². The van der Waals surface area contributed by atoms with Crippen LogP contribution in [0.3, 0.4) is 0 Å². The van der Waals surface area contributed by atoms with Crippen LogP contribution in [0.2, 0.25) is 0 Å². The average Bonchev–Trinajstić information content (AvgIpc) is 2.26. The average molecular weight is 324 g/mol. The highest BCUT2D eigenvalue weighted by molar-refractivity contribution is 7.87. The zero-order chi connectivity index (χ0) is 15.4. The van der Waals surface area contributed by atoms with E-state index in [1.54, 1.807) is 6.92 Å². The minimum absolute atomic E-state index is 0.0994. The fraction of sp³-hybridized carbons (Fsp3) is 0.455. The molecule has 7 nitrogen and oxygen atoms in total. The van der Waals surface area contributed by atoms with Gasteiger partial charge < -0.3 is 13.1 Å². The maximum absolute atomic E-state index is 11.6. The molecular formula is C11H16O7S2. The van der Waals surface area contributed by atoms with Crippen LogP contribution < -0.4 is 13.1 Å². The van der Waals surface area contributed by atoms with Crippen molar-refractivity contribution in [1.29, 1.82) is 0 Å². The van der Waals surface area contributed by atoms with Crippen LogP contribution in [0.1, 0.15) is 13.3 Å². The number of hydrogen-bond acceptors (Lipinski definition) is 7. The van der Waals surface area contributed by atoms with E-state index in [2.05, 4.69) is 0 Å². The molecule has 0 amide bonds. The molecule has 0 aliphatic carbocycles. The zero-order valence-corrected chi connectivity index (χ0v) is 13.0. The quantitative estimate of drug-likeness (QED) is 0.694. The first kappa shape index (κ1) is 16.6. The number of ether oxygens (including phenoxy) is 1. The Morgan fingerprint density at radius 1 is 1.05 bits per heavy atom. The maximum atomic E-state index is 11.6. The van der Waals surface area contributed by atoms with Crippen molar-refractivity contribution in [2.45, 2.75) is 13.3 Å². The SMILES string of the molecule is CCCS(=O)(=O)Oc1cccc(OS(C)(=O)=O)c1OC. The summed E-state index contributed by atoms with van der Waals surface area (Å²) in [5, 5.41) is 0. The van der Waals surface area contributed by atoms with Gasteiger partial charge in [0.2, 0.25) is 5.75 Å². The molecule has 0 aliphatic heterocycles. The van der Waals surface area contributed by atoms with Gasteiger partial charge in [-0.25, -0.2) is 0 Å². The first-order valence-corrected chi connectivity index (χ1v) is 9.06. The van der Waals surface area contributed by atoms with Gasteiger partial charge >= 0.3 is 20.2 Å². The van der Waals surface area contributed by atoms with Crippen molar-refractivity contribution in [3.63, 3.8) is 0 Å². The molecule has 20 heavy (non-hydrogen) atoms. The second-order valence-electron chi connectivity index (χ2n) is 3.92. The van der Waals surface area contributed by atoms with Crippen molar-refractivity contribution in [3.8, 4) is 17.2 Å². The summed E-state index contributed by atoms with van der Waals surface area (Å²) < 4.78 is 60.1. The number of benzene rings is 1. The standard InChI is InChI=1S/C11H16O7S2/c1-4-8-20(14,15)18-10-7-5-6-9(11(10)16-2)17-19(3,12)13/h5-7H,4,8H2,1-3H3. The second-order valence-corrected chi connectivity index (χ2v) is 7.19. The van der Waals surface area contributed by atoms with Crippen LogP contribution in [0.15, 0.2) is 18.2 Å². The van der Waals surface area contributed by atoms with E-state index in [-0.39, 0.29) is 23.0 Å². The maximum Gasteiger partial charge on any atom is 0.309 e. The summed E-state index contributed by atoms with van der Waals surface area (Å²) in [6.07, 6.45) is 1.26. The molecule has 0 radical (unpaired) electrons. The third-order valence-corrected chi connectivity index (χ3v) is 3.88. The summed E-state index contributed by atoms with van der Waals surface area (Å²) in [6.45, 7) is 1.70. The smallest absolute Gasteiger partial charge is 0.309 e. The largest absolute Gasteiger partial charge is 0.490 e.